The predicted molar refractivity (Wildman–Crippen MR) is 93.4 cm³/mol. The molecule has 2 saturated heterocycles. The number of aromatic amines is 1. The highest BCUT2D eigenvalue weighted by molar-refractivity contribution is 5.92. The predicted octanol–water partition coefficient (Wildman–Crippen LogP) is 0.895. The van der Waals surface area contributed by atoms with E-state index in [1.54, 1.807) is 4.90 Å². The summed E-state index contributed by atoms with van der Waals surface area (Å²) in [7, 11) is 0. The van der Waals surface area contributed by atoms with E-state index in [4.69, 9.17) is 0 Å². The molecular weight excluding hydrogens is 330 g/mol. The van der Waals surface area contributed by atoms with Crippen LogP contribution >= 0.6 is 12.4 Å². The highest BCUT2D eigenvalue weighted by atomic mass is 35.5. The smallest absolute Gasteiger partial charge is 0.274 e. The SMILES string of the molecule is CC(C)c1cc(C(=O)N2CCC(NC(=O)C3CCNC3)C2)n[nH]1.Cl. The molecule has 2 atom stereocenters. The normalized spacial score (nSPS) is 23.4. The maximum absolute atomic E-state index is 12.5. The van der Waals surface area contributed by atoms with Crippen molar-refractivity contribution in [2.24, 2.45) is 5.92 Å². The van der Waals surface area contributed by atoms with Crippen LogP contribution in [0.25, 0.3) is 0 Å². The first-order chi connectivity index (χ1) is 11.0. The number of nitrogens with zero attached hydrogens (tertiary/aromatic N) is 2. The first-order valence-electron chi connectivity index (χ1n) is 8.40. The van der Waals surface area contributed by atoms with Crippen molar-refractivity contribution in [1.82, 2.24) is 25.7 Å². The molecule has 7 nitrogen and oxygen atoms in total. The number of nitrogens with one attached hydrogen (secondary N) is 3. The van der Waals surface area contributed by atoms with E-state index < -0.39 is 0 Å². The quantitative estimate of drug-likeness (QED) is 0.748. The summed E-state index contributed by atoms with van der Waals surface area (Å²) in [4.78, 5) is 26.4. The van der Waals surface area contributed by atoms with E-state index in [1.165, 1.54) is 0 Å². The van der Waals surface area contributed by atoms with E-state index in [9.17, 15) is 9.59 Å². The maximum Gasteiger partial charge on any atom is 0.274 e. The molecule has 24 heavy (non-hydrogen) atoms. The van der Waals surface area contributed by atoms with Crippen LogP contribution in [0.2, 0.25) is 0 Å². The van der Waals surface area contributed by atoms with Crippen LogP contribution in [0, 0.1) is 5.92 Å². The second-order valence-corrected chi connectivity index (χ2v) is 6.80. The van der Waals surface area contributed by atoms with E-state index >= 15 is 0 Å². The fourth-order valence-electron chi connectivity index (χ4n) is 3.16. The van der Waals surface area contributed by atoms with Crippen molar-refractivity contribution < 1.29 is 9.59 Å². The molecule has 1 aromatic heterocycles. The Hall–Kier alpha value is -1.60. The lowest BCUT2D eigenvalue weighted by molar-refractivity contribution is -0.125. The minimum atomic E-state index is -0.0626. The second-order valence-electron chi connectivity index (χ2n) is 6.80. The average molecular weight is 356 g/mol. The monoisotopic (exact) mass is 355 g/mol. The molecule has 8 heteroatoms. The number of H-pyrrole nitrogens is 1. The van der Waals surface area contributed by atoms with Gasteiger partial charge in [0.05, 0.1) is 5.92 Å². The Balaban J connectivity index is 0.00000208. The van der Waals surface area contributed by atoms with Crippen LogP contribution in [0.4, 0.5) is 0 Å². The van der Waals surface area contributed by atoms with Crippen molar-refractivity contribution in [2.75, 3.05) is 26.2 Å². The summed E-state index contributed by atoms with van der Waals surface area (Å²) in [6.07, 6.45) is 1.70. The standard InChI is InChI=1S/C16H25N5O2.ClH/c1-10(2)13-7-14(20-19-13)16(23)21-6-4-12(9-21)18-15(22)11-3-5-17-8-11;/h7,10-12,17H,3-6,8-9H2,1-2H3,(H,18,22)(H,19,20);1H. The molecule has 2 fully saturated rings. The molecule has 0 bridgehead atoms. The summed E-state index contributed by atoms with van der Waals surface area (Å²) in [6, 6.07) is 1.87. The first kappa shape index (κ1) is 18.7. The summed E-state index contributed by atoms with van der Waals surface area (Å²) < 4.78 is 0. The largest absolute Gasteiger partial charge is 0.351 e. The molecule has 0 radical (unpaired) electrons. The van der Waals surface area contributed by atoms with Crippen molar-refractivity contribution >= 4 is 24.2 Å². The number of halogens is 1. The van der Waals surface area contributed by atoms with E-state index in [0.29, 0.717) is 24.7 Å². The number of carbonyl (C=O) groups is 2. The Morgan fingerprint density at radius 3 is 2.79 bits per heavy atom. The van der Waals surface area contributed by atoms with Gasteiger partial charge in [0.2, 0.25) is 5.91 Å². The Labute approximate surface area is 148 Å². The number of likely N-dealkylation sites (tertiary alicyclic amines) is 1. The van der Waals surface area contributed by atoms with E-state index in [-0.39, 0.29) is 36.2 Å². The Morgan fingerprint density at radius 1 is 1.38 bits per heavy atom. The summed E-state index contributed by atoms with van der Waals surface area (Å²) >= 11 is 0. The lowest BCUT2D eigenvalue weighted by Crippen LogP contribution is -2.41. The third kappa shape index (κ3) is 4.08. The van der Waals surface area contributed by atoms with Gasteiger partial charge in [-0.1, -0.05) is 13.8 Å². The van der Waals surface area contributed by atoms with Gasteiger partial charge in [0.15, 0.2) is 0 Å². The van der Waals surface area contributed by atoms with Crippen LogP contribution < -0.4 is 10.6 Å². The van der Waals surface area contributed by atoms with E-state index in [2.05, 4.69) is 34.7 Å². The molecule has 0 saturated carbocycles. The van der Waals surface area contributed by atoms with Crippen molar-refractivity contribution in [1.29, 1.82) is 0 Å². The molecule has 3 rings (SSSR count). The number of amides is 2. The number of hydrogen-bond donors (Lipinski definition) is 3. The number of carbonyl (C=O) groups excluding carboxylic acids is 2. The summed E-state index contributed by atoms with van der Waals surface area (Å²) in [6.45, 7) is 7.00. The van der Waals surface area contributed by atoms with Crippen molar-refractivity contribution in [3.63, 3.8) is 0 Å². The first-order valence-corrected chi connectivity index (χ1v) is 8.40. The topological polar surface area (TPSA) is 90.1 Å². The Bertz CT molecular complexity index is 583. The van der Waals surface area contributed by atoms with E-state index in [0.717, 1.165) is 31.6 Å². The van der Waals surface area contributed by atoms with Gasteiger partial charge in [0.25, 0.3) is 5.91 Å². The molecule has 2 amide bonds. The molecule has 0 spiro atoms. The molecule has 2 aliphatic heterocycles. The summed E-state index contributed by atoms with van der Waals surface area (Å²) in [5.74, 6) is 0.429. The second kappa shape index (κ2) is 7.98. The molecule has 0 aliphatic carbocycles. The summed E-state index contributed by atoms with van der Waals surface area (Å²) in [5, 5.41) is 13.3. The van der Waals surface area contributed by atoms with Crippen LogP contribution in [0.1, 0.15) is 48.8 Å². The zero-order valence-electron chi connectivity index (χ0n) is 14.2. The van der Waals surface area contributed by atoms with Crippen molar-refractivity contribution in [3.8, 4) is 0 Å². The number of aromatic nitrogens is 2. The Morgan fingerprint density at radius 2 is 2.17 bits per heavy atom. The lowest BCUT2D eigenvalue weighted by atomic mass is 10.1. The van der Waals surface area contributed by atoms with Crippen LogP contribution in [-0.4, -0.2) is 59.1 Å². The summed E-state index contributed by atoms with van der Waals surface area (Å²) in [5.41, 5.74) is 1.42. The van der Waals surface area contributed by atoms with Crippen LogP contribution in [0.3, 0.4) is 0 Å². The van der Waals surface area contributed by atoms with Crippen molar-refractivity contribution in [2.45, 2.75) is 38.6 Å². The van der Waals surface area contributed by atoms with E-state index in [1.807, 2.05) is 6.07 Å². The maximum atomic E-state index is 12.5. The molecule has 3 heterocycles. The average Bonchev–Trinajstić information content (AvgIpc) is 3.27. The number of rotatable bonds is 4. The molecule has 134 valence electrons. The minimum absolute atomic E-state index is 0. The molecule has 2 unspecified atom stereocenters. The molecule has 0 aromatic carbocycles. The van der Waals surface area contributed by atoms with Crippen LogP contribution in [0.15, 0.2) is 6.07 Å². The highest BCUT2D eigenvalue weighted by Gasteiger charge is 2.31. The lowest BCUT2D eigenvalue weighted by Gasteiger charge is -2.17. The fraction of sp³-hybridized carbons (Fsp3) is 0.688. The fourth-order valence-corrected chi connectivity index (χ4v) is 3.16. The van der Waals surface area contributed by atoms with Crippen LogP contribution in [-0.2, 0) is 4.79 Å². The molecule has 3 N–H and O–H groups in total. The zero-order valence-corrected chi connectivity index (χ0v) is 15.0. The van der Waals surface area contributed by atoms with Gasteiger partial charge in [-0.05, 0) is 31.4 Å². The van der Waals surface area contributed by atoms with Gasteiger partial charge in [-0.15, -0.1) is 12.4 Å². The van der Waals surface area contributed by atoms with Gasteiger partial charge in [0, 0.05) is 31.4 Å². The minimum Gasteiger partial charge on any atom is -0.351 e. The van der Waals surface area contributed by atoms with Gasteiger partial charge in [-0.2, -0.15) is 5.10 Å². The van der Waals surface area contributed by atoms with Crippen LogP contribution in [0.5, 0.6) is 0 Å². The molecule has 1 aromatic rings. The third-order valence-electron chi connectivity index (χ3n) is 4.69. The highest BCUT2D eigenvalue weighted by Crippen LogP contribution is 2.17. The van der Waals surface area contributed by atoms with Gasteiger partial charge in [0.1, 0.15) is 5.69 Å². The van der Waals surface area contributed by atoms with Gasteiger partial charge in [-0.3, -0.25) is 14.7 Å². The van der Waals surface area contributed by atoms with Gasteiger partial charge < -0.3 is 15.5 Å². The van der Waals surface area contributed by atoms with Crippen molar-refractivity contribution in [3.05, 3.63) is 17.5 Å². The number of hydrogen-bond acceptors (Lipinski definition) is 4. The third-order valence-corrected chi connectivity index (χ3v) is 4.69. The van der Waals surface area contributed by atoms with Gasteiger partial charge in [-0.25, -0.2) is 0 Å². The van der Waals surface area contributed by atoms with Gasteiger partial charge >= 0.3 is 0 Å². The molecule has 2 aliphatic rings. The molecular formula is C16H26ClN5O2. The Kier molecular flexibility index (Phi) is 6.23. The zero-order chi connectivity index (χ0) is 16.4.